The first-order valence-electron chi connectivity index (χ1n) is 7.62. The number of rotatable bonds is 6. The van der Waals surface area contributed by atoms with Crippen molar-refractivity contribution in [2.75, 3.05) is 19.7 Å². The van der Waals surface area contributed by atoms with Crippen molar-refractivity contribution in [2.45, 2.75) is 20.8 Å². The molecule has 0 unspecified atom stereocenters. The number of esters is 1. The van der Waals surface area contributed by atoms with Gasteiger partial charge in [-0.05, 0) is 38.5 Å². The molecule has 2 rings (SSSR count). The highest BCUT2D eigenvalue weighted by molar-refractivity contribution is 7.21. The maximum Gasteiger partial charge on any atom is 0.349 e. The molecule has 6 heteroatoms. The zero-order valence-corrected chi connectivity index (χ0v) is 14.8. The van der Waals surface area contributed by atoms with Gasteiger partial charge < -0.3 is 9.64 Å². The van der Waals surface area contributed by atoms with Crippen LogP contribution in [0.4, 0.5) is 4.39 Å². The van der Waals surface area contributed by atoms with Gasteiger partial charge in [-0.15, -0.1) is 11.3 Å². The standard InChI is InChI=1S/C18H20FNO3S/c1-5-20(9-11(2)3)15(21)10-23-18(22)17-12(4)16-13(19)7-6-8-14(16)24-17/h6-8H,2,5,9-10H2,1,3-4H3. The smallest absolute Gasteiger partial charge is 0.349 e. The number of fused-ring (bicyclic) bond motifs is 1. The largest absolute Gasteiger partial charge is 0.451 e. The third-order valence-corrected chi connectivity index (χ3v) is 4.85. The lowest BCUT2D eigenvalue weighted by atomic mass is 10.1. The average molecular weight is 349 g/mol. The summed E-state index contributed by atoms with van der Waals surface area (Å²) in [6.45, 7) is 9.74. The molecule has 1 amide bonds. The fraction of sp³-hybridized carbons (Fsp3) is 0.333. The van der Waals surface area contributed by atoms with Gasteiger partial charge in [-0.25, -0.2) is 9.18 Å². The molecule has 0 N–H and O–H groups in total. The van der Waals surface area contributed by atoms with E-state index in [1.54, 1.807) is 24.0 Å². The topological polar surface area (TPSA) is 46.6 Å². The molecule has 1 aromatic heterocycles. The van der Waals surface area contributed by atoms with Crippen LogP contribution < -0.4 is 0 Å². The van der Waals surface area contributed by atoms with Crippen LogP contribution in [-0.4, -0.2) is 36.5 Å². The number of aryl methyl sites for hydroxylation is 1. The minimum absolute atomic E-state index is 0.279. The Bertz CT molecular complexity index is 797. The van der Waals surface area contributed by atoms with E-state index < -0.39 is 5.97 Å². The van der Waals surface area contributed by atoms with Crippen molar-refractivity contribution in [1.29, 1.82) is 0 Å². The number of carbonyl (C=O) groups excluding carboxylic acids is 2. The summed E-state index contributed by atoms with van der Waals surface area (Å²) in [5.41, 5.74) is 1.40. The number of hydrogen-bond donors (Lipinski definition) is 0. The van der Waals surface area contributed by atoms with Crippen LogP contribution in [0.1, 0.15) is 29.1 Å². The molecule has 0 spiro atoms. The number of likely N-dealkylation sites (N-methyl/N-ethyl adjacent to an activating group) is 1. The van der Waals surface area contributed by atoms with Gasteiger partial charge >= 0.3 is 5.97 Å². The Labute approximate surface area is 144 Å². The number of carbonyl (C=O) groups is 2. The SMILES string of the molecule is C=C(C)CN(CC)C(=O)COC(=O)c1sc2cccc(F)c2c1C. The van der Waals surface area contributed by atoms with Crippen LogP contribution in [0.2, 0.25) is 0 Å². The molecule has 128 valence electrons. The lowest BCUT2D eigenvalue weighted by molar-refractivity contribution is -0.133. The Balaban J connectivity index is 2.10. The van der Waals surface area contributed by atoms with Crippen LogP contribution in [0, 0.1) is 12.7 Å². The molecule has 0 bridgehead atoms. The van der Waals surface area contributed by atoms with Crippen LogP contribution in [0.25, 0.3) is 10.1 Å². The van der Waals surface area contributed by atoms with Gasteiger partial charge in [0.2, 0.25) is 0 Å². The van der Waals surface area contributed by atoms with Crippen LogP contribution in [0.3, 0.4) is 0 Å². The summed E-state index contributed by atoms with van der Waals surface area (Å²) in [6, 6.07) is 4.71. The molecule has 24 heavy (non-hydrogen) atoms. The number of nitrogens with zero attached hydrogens (tertiary/aromatic N) is 1. The number of hydrogen-bond acceptors (Lipinski definition) is 4. The molecule has 0 aliphatic carbocycles. The molecular formula is C18H20FNO3S. The highest BCUT2D eigenvalue weighted by Gasteiger charge is 2.21. The summed E-state index contributed by atoms with van der Waals surface area (Å²) in [4.78, 5) is 26.3. The summed E-state index contributed by atoms with van der Waals surface area (Å²) >= 11 is 1.17. The van der Waals surface area contributed by atoms with Crippen molar-refractivity contribution in [2.24, 2.45) is 0 Å². The zero-order valence-electron chi connectivity index (χ0n) is 14.0. The normalized spacial score (nSPS) is 10.7. The maximum absolute atomic E-state index is 13.9. The van der Waals surface area contributed by atoms with Gasteiger partial charge in [-0.2, -0.15) is 0 Å². The summed E-state index contributed by atoms with van der Waals surface area (Å²) < 4.78 is 19.7. The number of amides is 1. The molecular weight excluding hydrogens is 329 g/mol. The second-order valence-corrected chi connectivity index (χ2v) is 6.66. The average Bonchev–Trinajstić information content (AvgIpc) is 2.88. The predicted octanol–water partition coefficient (Wildman–Crippen LogP) is 3.93. The third kappa shape index (κ3) is 3.82. The number of ether oxygens (including phenoxy) is 1. The Hall–Kier alpha value is -2.21. The van der Waals surface area contributed by atoms with Crippen molar-refractivity contribution in [3.05, 3.63) is 46.6 Å². The van der Waals surface area contributed by atoms with Crippen LogP contribution >= 0.6 is 11.3 Å². The summed E-state index contributed by atoms with van der Waals surface area (Å²) in [5.74, 6) is -1.25. The summed E-state index contributed by atoms with van der Waals surface area (Å²) in [5, 5.41) is 0.429. The van der Waals surface area contributed by atoms with Gasteiger partial charge in [-0.3, -0.25) is 4.79 Å². The van der Waals surface area contributed by atoms with Crippen molar-refractivity contribution in [3.8, 4) is 0 Å². The highest BCUT2D eigenvalue weighted by Crippen LogP contribution is 2.32. The molecule has 0 fully saturated rings. The van der Waals surface area contributed by atoms with Crippen molar-refractivity contribution in [3.63, 3.8) is 0 Å². The van der Waals surface area contributed by atoms with E-state index in [9.17, 15) is 14.0 Å². The predicted molar refractivity (Wildman–Crippen MR) is 93.9 cm³/mol. The van der Waals surface area contributed by atoms with Gasteiger partial charge in [0.25, 0.3) is 5.91 Å². The molecule has 1 aromatic carbocycles. The second kappa shape index (κ2) is 7.57. The van der Waals surface area contributed by atoms with E-state index in [1.165, 1.54) is 17.4 Å². The van der Waals surface area contributed by atoms with E-state index in [0.29, 0.717) is 33.6 Å². The fourth-order valence-corrected chi connectivity index (χ4v) is 3.55. The van der Waals surface area contributed by atoms with E-state index in [-0.39, 0.29) is 18.3 Å². The van der Waals surface area contributed by atoms with Crippen LogP contribution in [0.5, 0.6) is 0 Å². The Kier molecular flexibility index (Phi) is 5.72. The third-order valence-electron chi connectivity index (χ3n) is 3.61. The Morgan fingerprint density at radius 3 is 2.67 bits per heavy atom. The van der Waals surface area contributed by atoms with Crippen LogP contribution in [0.15, 0.2) is 30.4 Å². The highest BCUT2D eigenvalue weighted by atomic mass is 32.1. The van der Waals surface area contributed by atoms with Gasteiger partial charge in [0.1, 0.15) is 10.7 Å². The van der Waals surface area contributed by atoms with Gasteiger partial charge in [0, 0.05) is 23.2 Å². The minimum Gasteiger partial charge on any atom is -0.451 e. The molecule has 0 radical (unpaired) electrons. The van der Waals surface area contributed by atoms with Gasteiger partial charge in [0.15, 0.2) is 6.61 Å². The first-order valence-corrected chi connectivity index (χ1v) is 8.43. The molecule has 0 aliphatic heterocycles. The lowest BCUT2D eigenvalue weighted by Gasteiger charge is -2.20. The number of thiophene rings is 1. The van der Waals surface area contributed by atoms with Crippen molar-refractivity contribution >= 4 is 33.3 Å². The van der Waals surface area contributed by atoms with Gasteiger partial charge in [0.05, 0.1) is 0 Å². The molecule has 0 saturated carbocycles. The molecule has 4 nitrogen and oxygen atoms in total. The van der Waals surface area contributed by atoms with Crippen LogP contribution in [-0.2, 0) is 9.53 Å². The van der Waals surface area contributed by atoms with Crippen molar-refractivity contribution < 1.29 is 18.7 Å². The van der Waals surface area contributed by atoms with E-state index in [0.717, 1.165) is 5.57 Å². The Morgan fingerprint density at radius 1 is 1.38 bits per heavy atom. The van der Waals surface area contributed by atoms with Gasteiger partial charge in [-0.1, -0.05) is 18.2 Å². The molecule has 2 aromatic rings. The van der Waals surface area contributed by atoms with E-state index in [4.69, 9.17) is 4.74 Å². The number of halogens is 1. The summed E-state index contributed by atoms with van der Waals surface area (Å²) in [7, 11) is 0. The van der Waals surface area contributed by atoms with E-state index >= 15 is 0 Å². The second-order valence-electron chi connectivity index (χ2n) is 5.61. The van der Waals surface area contributed by atoms with Crippen molar-refractivity contribution in [1.82, 2.24) is 4.90 Å². The summed E-state index contributed by atoms with van der Waals surface area (Å²) in [6.07, 6.45) is 0. The Morgan fingerprint density at radius 2 is 2.08 bits per heavy atom. The first-order chi connectivity index (χ1) is 11.3. The van der Waals surface area contributed by atoms with E-state index in [1.807, 2.05) is 13.8 Å². The quantitative estimate of drug-likeness (QED) is 0.586. The molecule has 0 saturated heterocycles. The fourth-order valence-electron chi connectivity index (χ4n) is 2.43. The lowest BCUT2D eigenvalue weighted by Crippen LogP contribution is -2.35. The molecule has 0 atom stereocenters. The number of benzene rings is 1. The monoisotopic (exact) mass is 349 g/mol. The van der Waals surface area contributed by atoms with E-state index in [2.05, 4.69) is 6.58 Å². The minimum atomic E-state index is -0.604. The molecule has 1 heterocycles. The molecule has 0 aliphatic rings. The first kappa shape index (κ1) is 18.1. The maximum atomic E-state index is 13.9. The zero-order chi connectivity index (χ0) is 17.9.